The molecule has 1 fully saturated rings. The molecule has 11 heteroatoms. The summed E-state index contributed by atoms with van der Waals surface area (Å²) in [5.41, 5.74) is 0. The molecule has 0 radical (unpaired) electrons. The number of hydrogen-bond acceptors (Lipinski definition) is 11. The van der Waals surface area contributed by atoms with Gasteiger partial charge in [0.25, 0.3) is 0 Å². The zero-order valence-corrected chi connectivity index (χ0v) is 54.7. The van der Waals surface area contributed by atoms with Crippen LogP contribution in [-0.2, 0) is 38.2 Å². The molecule has 0 saturated carbocycles. The van der Waals surface area contributed by atoms with E-state index in [1.165, 1.54) is 180 Å². The van der Waals surface area contributed by atoms with E-state index in [4.69, 9.17) is 19.0 Å². The molecule has 1 heterocycles. The van der Waals surface area contributed by atoms with E-state index in [1.807, 2.05) is 13.7 Å². The minimum absolute atomic E-state index is 0. The Hall–Kier alpha value is -3.05. The largest absolute Gasteiger partial charge is 0.512 e. The number of hydrogen-bond donors (Lipinski definition) is 1. The molecular formula is C71H142N2O9. The number of carbonyl (C=O) groups is 5. The van der Waals surface area contributed by atoms with Gasteiger partial charge in [0.05, 0.1) is 45.2 Å². The number of carbonyl (C=O) groups excluding carboxylic acids is 5. The highest BCUT2D eigenvalue weighted by molar-refractivity contribution is 5.79. The zero-order valence-electron chi connectivity index (χ0n) is 54.7. The molecule has 0 amide bonds. The first-order chi connectivity index (χ1) is 38.5. The van der Waals surface area contributed by atoms with Crippen molar-refractivity contribution in [2.45, 2.75) is 328 Å². The van der Waals surface area contributed by atoms with Gasteiger partial charge in [0, 0.05) is 25.7 Å². The minimum Gasteiger partial charge on any atom is -0.512 e. The summed E-state index contributed by atoms with van der Waals surface area (Å²) in [5.74, 6) is 3.59. The predicted octanol–water partition coefficient (Wildman–Crippen LogP) is 20.3. The number of aliphatic hydroxyl groups is 1. The van der Waals surface area contributed by atoms with Crippen LogP contribution >= 0.6 is 0 Å². The molecule has 82 heavy (non-hydrogen) atoms. The van der Waals surface area contributed by atoms with Crippen LogP contribution in [0.3, 0.4) is 0 Å². The van der Waals surface area contributed by atoms with Crippen molar-refractivity contribution in [3.8, 4) is 0 Å². The summed E-state index contributed by atoms with van der Waals surface area (Å²) in [4.78, 5) is 57.6. The monoisotopic (exact) mass is 1170 g/mol. The second-order valence-corrected chi connectivity index (χ2v) is 23.6. The van der Waals surface area contributed by atoms with Crippen molar-refractivity contribution in [1.82, 2.24) is 9.80 Å². The van der Waals surface area contributed by atoms with E-state index < -0.39 is 0 Å². The number of rotatable bonds is 49. The molecule has 0 aromatic heterocycles. The Kier molecular flexibility index (Phi) is 79.4. The van der Waals surface area contributed by atoms with Crippen LogP contribution in [0, 0.1) is 17.8 Å². The molecule has 2 unspecified atom stereocenters. The van der Waals surface area contributed by atoms with Crippen molar-refractivity contribution in [1.29, 1.82) is 0 Å². The number of aliphatic hydroxyl groups excluding tert-OH is 1. The van der Waals surface area contributed by atoms with E-state index in [1.54, 1.807) is 11.8 Å². The van der Waals surface area contributed by atoms with Crippen LogP contribution in [0.25, 0.3) is 0 Å². The number of ether oxygens (including phenoxy) is 3. The maximum absolute atomic E-state index is 12.1. The van der Waals surface area contributed by atoms with E-state index in [2.05, 4.69) is 73.6 Å². The summed E-state index contributed by atoms with van der Waals surface area (Å²) in [5, 5.41) is 9.52. The summed E-state index contributed by atoms with van der Waals surface area (Å²) in [6.07, 6.45) is 45.9. The SMILES string of the molecule is C.C.C=C(O)CN(CC(=C)OCCCCCCCC)CC(=O)OCCCCCCCC.C=O.CC(C)CCC(C)CCCC1CCCN(C)CC1.CCC(C)=O.CCCCCCCCCCC(=O)CCCC(=O)OCCCCCCCC. The number of ketones is 2. The van der Waals surface area contributed by atoms with Crippen LogP contribution in [-0.4, -0.2) is 105 Å². The first kappa shape index (κ1) is 90.1. The molecule has 1 N–H and O–H groups in total. The third-order valence-electron chi connectivity index (χ3n) is 14.7. The van der Waals surface area contributed by atoms with Crippen molar-refractivity contribution in [2.75, 3.05) is 59.6 Å². The molecule has 0 spiro atoms. The molecule has 0 aliphatic carbocycles. The summed E-state index contributed by atoms with van der Waals surface area (Å²) < 4.78 is 16.2. The molecule has 0 aromatic carbocycles. The number of unbranched alkanes of at least 4 members (excludes halogenated alkanes) is 22. The molecule has 11 nitrogen and oxygen atoms in total. The number of likely N-dealkylation sites (tertiary alicyclic amines) is 1. The van der Waals surface area contributed by atoms with Crippen molar-refractivity contribution in [3.63, 3.8) is 0 Å². The Bertz CT molecular complexity index is 1360. The van der Waals surface area contributed by atoms with Crippen LogP contribution in [0.1, 0.15) is 328 Å². The smallest absolute Gasteiger partial charge is 0.320 e. The molecule has 490 valence electrons. The number of esters is 2. The molecular weight excluding hydrogens is 1020 g/mol. The van der Waals surface area contributed by atoms with Gasteiger partial charge in [0.2, 0.25) is 0 Å². The van der Waals surface area contributed by atoms with Gasteiger partial charge < -0.3 is 33.8 Å². The van der Waals surface area contributed by atoms with Gasteiger partial charge in [-0.15, -0.1) is 0 Å². The Balaban J connectivity index is -0.000000251. The van der Waals surface area contributed by atoms with Gasteiger partial charge in [-0.05, 0) is 96.2 Å². The number of nitrogens with zero attached hydrogens (tertiary/aromatic N) is 2. The third kappa shape index (κ3) is 77.0. The van der Waals surface area contributed by atoms with Crippen molar-refractivity contribution in [3.05, 3.63) is 24.7 Å². The van der Waals surface area contributed by atoms with Gasteiger partial charge in [-0.3, -0.25) is 19.3 Å². The van der Waals surface area contributed by atoms with Gasteiger partial charge in [-0.25, -0.2) is 0 Å². The molecule has 1 aliphatic rings. The van der Waals surface area contributed by atoms with Gasteiger partial charge >= 0.3 is 11.9 Å². The van der Waals surface area contributed by atoms with E-state index in [0.717, 1.165) is 69.1 Å². The first-order valence-electron chi connectivity index (χ1n) is 33.2. The minimum atomic E-state index is -0.288. The third-order valence-corrected chi connectivity index (χ3v) is 14.7. The maximum atomic E-state index is 12.1. The van der Waals surface area contributed by atoms with Crippen LogP contribution in [0.5, 0.6) is 0 Å². The van der Waals surface area contributed by atoms with Gasteiger partial charge in [-0.2, -0.15) is 0 Å². The average molecular weight is 1170 g/mol. The van der Waals surface area contributed by atoms with Crippen LogP contribution < -0.4 is 0 Å². The topological polar surface area (TPSA) is 140 Å². The Morgan fingerprint density at radius 3 is 1.40 bits per heavy atom. The Labute approximate surface area is 510 Å². The van der Waals surface area contributed by atoms with E-state index in [-0.39, 0.29) is 51.4 Å². The fourth-order valence-electron chi connectivity index (χ4n) is 9.38. The average Bonchev–Trinajstić information content (AvgIpc) is 3.64. The Morgan fingerprint density at radius 2 is 0.951 bits per heavy atom. The molecule has 0 aromatic rings. The van der Waals surface area contributed by atoms with Crippen molar-refractivity contribution >= 4 is 30.3 Å². The predicted molar refractivity (Wildman–Crippen MR) is 355 cm³/mol. The van der Waals surface area contributed by atoms with E-state index in [0.29, 0.717) is 70.0 Å². The van der Waals surface area contributed by atoms with Crippen molar-refractivity contribution in [2.24, 2.45) is 17.8 Å². The summed E-state index contributed by atoms with van der Waals surface area (Å²) in [7, 11) is 2.27. The summed E-state index contributed by atoms with van der Waals surface area (Å²) in [6.45, 7) is 33.8. The normalized spacial score (nSPS) is 13.1. The quantitative estimate of drug-likeness (QED) is 0.0354. The van der Waals surface area contributed by atoms with Crippen LogP contribution in [0.2, 0.25) is 0 Å². The van der Waals surface area contributed by atoms with Gasteiger partial charge in [0.1, 0.15) is 24.1 Å². The second-order valence-electron chi connectivity index (χ2n) is 23.6. The molecule has 1 rings (SSSR count). The lowest BCUT2D eigenvalue weighted by Gasteiger charge is -2.22. The summed E-state index contributed by atoms with van der Waals surface area (Å²) in [6, 6.07) is 0. The standard InChI is InChI=1S/C24H45NO4.C23H44O3.C17H35N.C4H8O.CH2O.2CH4/c1-5-7-9-11-13-15-17-28-23(4)20-25(19-22(3)26)21-24(27)29-18-16-14-12-10-8-6-2;1-3-5-7-9-11-12-13-15-18-22(24)19-17-20-23(25)26-21-16-14-10-8-6-4-2;1-15(2)10-11-16(3)7-5-8-17-9-6-13-18(4)14-12-17;1-3-4(2)5;1-2;;/h26H,3-21H2,1-2H3;3-21H2,1-2H3;15-17H,5-14H2,1-4H3;3H2,1-2H3;1H2;2*1H4. The second kappa shape index (κ2) is 72.2. The van der Waals surface area contributed by atoms with Crippen molar-refractivity contribution < 1.29 is 43.3 Å². The van der Waals surface area contributed by atoms with E-state index >= 15 is 0 Å². The first-order valence-corrected chi connectivity index (χ1v) is 33.2. The zero-order chi connectivity index (χ0) is 60.7. The highest BCUT2D eigenvalue weighted by atomic mass is 16.5. The Morgan fingerprint density at radius 1 is 0.524 bits per heavy atom. The molecule has 0 bridgehead atoms. The van der Waals surface area contributed by atoms with E-state index in [9.17, 15) is 24.3 Å². The van der Waals surface area contributed by atoms with Crippen LogP contribution in [0.15, 0.2) is 24.7 Å². The lowest BCUT2D eigenvalue weighted by Crippen LogP contribution is -2.34. The molecule has 1 saturated heterocycles. The maximum Gasteiger partial charge on any atom is 0.320 e. The molecule has 1 aliphatic heterocycles. The van der Waals surface area contributed by atoms with Crippen LogP contribution in [0.4, 0.5) is 0 Å². The highest BCUT2D eigenvalue weighted by Crippen LogP contribution is 2.25. The lowest BCUT2D eigenvalue weighted by molar-refractivity contribution is -0.145. The van der Waals surface area contributed by atoms with Gasteiger partial charge in [-0.1, -0.05) is 257 Å². The number of Topliss-reactive ketones (excluding diaryl/α,β-unsaturated/α-hetero) is 2. The van der Waals surface area contributed by atoms with Gasteiger partial charge in [0.15, 0.2) is 0 Å². The summed E-state index contributed by atoms with van der Waals surface area (Å²) >= 11 is 0. The lowest BCUT2D eigenvalue weighted by atomic mass is 9.90. The fraction of sp³-hybridized carbons (Fsp3) is 0.873. The highest BCUT2D eigenvalue weighted by Gasteiger charge is 2.17. The fourth-order valence-corrected chi connectivity index (χ4v) is 9.38. The molecule has 2 atom stereocenters.